The van der Waals surface area contributed by atoms with Crippen molar-refractivity contribution in [1.82, 2.24) is 4.98 Å². The minimum absolute atomic E-state index is 0. The lowest BCUT2D eigenvalue weighted by Gasteiger charge is -2.05. The summed E-state index contributed by atoms with van der Waals surface area (Å²) in [4.78, 5) is 3.93. The molecular weight excluding hydrogens is 197 g/mol. The van der Waals surface area contributed by atoms with Crippen molar-refractivity contribution in [2.45, 2.75) is 12.8 Å². The zero-order valence-corrected chi connectivity index (χ0v) is 8.36. The van der Waals surface area contributed by atoms with Crippen LogP contribution in [0.1, 0.15) is 12.5 Å². The van der Waals surface area contributed by atoms with Gasteiger partial charge in [0.15, 0.2) is 0 Å². The van der Waals surface area contributed by atoms with Crippen molar-refractivity contribution in [3.63, 3.8) is 0 Å². The molecule has 2 nitrogen and oxygen atoms in total. The first-order valence-corrected chi connectivity index (χ1v) is 4.03. The van der Waals surface area contributed by atoms with Gasteiger partial charge in [0, 0.05) is 18.0 Å². The predicted octanol–water partition coefficient (Wildman–Crippen LogP) is 2.64. The Morgan fingerprint density at radius 2 is 2.33 bits per heavy atom. The fourth-order valence-electron chi connectivity index (χ4n) is 0.811. The Bertz CT molecular complexity index is 230. The summed E-state index contributed by atoms with van der Waals surface area (Å²) in [5, 5.41) is 0. The summed E-state index contributed by atoms with van der Waals surface area (Å²) in [7, 11) is 0. The second-order valence-electron chi connectivity index (χ2n) is 2.05. The van der Waals surface area contributed by atoms with Gasteiger partial charge in [0.05, 0.1) is 12.5 Å². The minimum Gasteiger partial charge on any atom is -0.493 e. The van der Waals surface area contributed by atoms with E-state index in [0.29, 0.717) is 12.5 Å². The lowest BCUT2D eigenvalue weighted by Crippen LogP contribution is -1.95. The standard InChI is InChI=1S/C8H10ClNO.ClH/c1-2-11-8-3-4-10-6-7(8)5-9;/h3-4,6H,2,5H2,1H3;1H. The van der Waals surface area contributed by atoms with Crippen molar-refractivity contribution < 1.29 is 4.74 Å². The SMILES string of the molecule is CCOc1ccncc1CCl.Cl. The van der Waals surface area contributed by atoms with Gasteiger partial charge in [0.1, 0.15) is 5.75 Å². The molecule has 0 saturated heterocycles. The number of ether oxygens (including phenoxy) is 1. The van der Waals surface area contributed by atoms with Crippen molar-refractivity contribution >= 4 is 24.0 Å². The first kappa shape index (κ1) is 11.5. The zero-order valence-electron chi connectivity index (χ0n) is 6.79. The number of alkyl halides is 1. The van der Waals surface area contributed by atoms with E-state index in [0.717, 1.165) is 11.3 Å². The maximum absolute atomic E-state index is 5.65. The van der Waals surface area contributed by atoms with Gasteiger partial charge in [-0.3, -0.25) is 4.98 Å². The summed E-state index contributed by atoms with van der Waals surface area (Å²) < 4.78 is 5.30. The fraction of sp³-hybridized carbons (Fsp3) is 0.375. The Morgan fingerprint density at radius 3 is 2.92 bits per heavy atom. The van der Waals surface area contributed by atoms with Crippen LogP contribution in [0.2, 0.25) is 0 Å². The van der Waals surface area contributed by atoms with Gasteiger partial charge >= 0.3 is 0 Å². The molecule has 0 aliphatic carbocycles. The van der Waals surface area contributed by atoms with Crippen molar-refractivity contribution in [2.75, 3.05) is 6.61 Å². The summed E-state index contributed by atoms with van der Waals surface area (Å²) in [6.45, 7) is 2.60. The summed E-state index contributed by atoms with van der Waals surface area (Å²) in [6, 6.07) is 1.82. The van der Waals surface area contributed by atoms with Crippen LogP contribution in [0.5, 0.6) is 5.75 Å². The molecule has 1 aromatic rings. The molecule has 0 radical (unpaired) electrons. The first-order chi connectivity index (χ1) is 5.38. The van der Waals surface area contributed by atoms with Gasteiger partial charge in [-0.05, 0) is 13.0 Å². The highest BCUT2D eigenvalue weighted by molar-refractivity contribution is 6.17. The third kappa shape index (κ3) is 2.88. The van der Waals surface area contributed by atoms with E-state index in [-0.39, 0.29) is 12.4 Å². The number of hydrogen-bond donors (Lipinski definition) is 0. The fourth-order valence-corrected chi connectivity index (χ4v) is 1.01. The summed E-state index contributed by atoms with van der Waals surface area (Å²) >= 11 is 5.65. The maximum Gasteiger partial charge on any atom is 0.126 e. The predicted molar refractivity (Wildman–Crippen MR) is 52.2 cm³/mol. The van der Waals surface area contributed by atoms with Crippen molar-refractivity contribution in [3.8, 4) is 5.75 Å². The molecule has 12 heavy (non-hydrogen) atoms. The molecule has 0 N–H and O–H groups in total. The molecule has 4 heteroatoms. The molecule has 68 valence electrons. The first-order valence-electron chi connectivity index (χ1n) is 3.50. The lowest BCUT2D eigenvalue weighted by atomic mass is 10.3. The Hall–Kier alpha value is -0.470. The van der Waals surface area contributed by atoms with Crippen molar-refractivity contribution in [1.29, 1.82) is 0 Å². The molecule has 0 aliphatic heterocycles. The molecule has 0 aromatic carbocycles. The molecule has 0 aliphatic rings. The van der Waals surface area contributed by atoms with E-state index in [1.807, 2.05) is 13.0 Å². The normalized spacial score (nSPS) is 8.83. The van der Waals surface area contributed by atoms with Gasteiger partial charge in [0.25, 0.3) is 0 Å². The van der Waals surface area contributed by atoms with E-state index >= 15 is 0 Å². The Kier molecular flexibility index (Phi) is 5.85. The van der Waals surface area contributed by atoms with Gasteiger partial charge in [-0.15, -0.1) is 24.0 Å². The number of rotatable bonds is 3. The molecule has 0 spiro atoms. The van der Waals surface area contributed by atoms with Gasteiger partial charge in [0.2, 0.25) is 0 Å². The molecule has 0 amide bonds. The third-order valence-electron chi connectivity index (χ3n) is 1.30. The second-order valence-corrected chi connectivity index (χ2v) is 2.32. The summed E-state index contributed by atoms with van der Waals surface area (Å²) in [5.74, 6) is 1.28. The molecule has 0 bridgehead atoms. The molecule has 0 unspecified atom stereocenters. The highest BCUT2D eigenvalue weighted by Gasteiger charge is 1.99. The average molecular weight is 208 g/mol. The third-order valence-corrected chi connectivity index (χ3v) is 1.59. The van der Waals surface area contributed by atoms with Gasteiger partial charge in [-0.2, -0.15) is 0 Å². The molecule has 0 saturated carbocycles. The second kappa shape index (κ2) is 6.09. The largest absolute Gasteiger partial charge is 0.493 e. The van der Waals surface area contributed by atoms with Gasteiger partial charge in [-0.25, -0.2) is 0 Å². The number of aromatic nitrogens is 1. The molecule has 0 fully saturated rings. The number of nitrogens with zero attached hydrogens (tertiary/aromatic N) is 1. The zero-order chi connectivity index (χ0) is 8.10. The van der Waals surface area contributed by atoms with Crippen LogP contribution in [0.15, 0.2) is 18.5 Å². The smallest absolute Gasteiger partial charge is 0.126 e. The quantitative estimate of drug-likeness (QED) is 0.712. The van der Waals surface area contributed by atoms with E-state index in [9.17, 15) is 0 Å². The van der Waals surface area contributed by atoms with E-state index in [1.54, 1.807) is 12.4 Å². The molecule has 1 aromatic heterocycles. The van der Waals surface area contributed by atoms with Crippen molar-refractivity contribution in [2.24, 2.45) is 0 Å². The van der Waals surface area contributed by atoms with E-state index < -0.39 is 0 Å². The average Bonchev–Trinajstić information content (AvgIpc) is 2.06. The van der Waals surface area contributed by atoms with Crippen LogP contribution < -0.4 is 4.74 Å². The Labute approximate surface area is 83.3 Å². The van der Waals surface area contributed by atoms with E-state index in [2.05, 4.69) is 4.98 Å². The van der Waals surface area contributed by atoms with Crippen LogP contribution in [0, 0.1) is 0 Å². The van der Waals surface area contributed by atoms with Gasteiger partial charge in [-0.1, -0.05) is 0 Å². The Balaban J connectivity index is 0.00000121. The van der Waals surface area contributed by atoms with Crippen LogP contribution in [0.4, 0.5) is 0 Å². The highest BCUT2D eigenvalue weighted by atomic mass is 35.5. The lowest BCUT2D eigenvalue weighted by molar-refractivity contribution is 0.337. The minimum atomic E-state index is 0. The highest BCUT2D eigenvalue weighted by Crippen LogP contribution is 2.17. The summed E-state index contributed by atoms with van der Waals surface area (Å²) in [5.41, 5.74) is 0.941. The van der Waals surface area contributed by atoms with Crippen LogP contribution in [-0.4, -0.2) is 11.6 Å². The molecular formula is C8H11Cl2NO. The summed E-state index contributed by atoms with van der Waals surface area (Å²) in [6.07, 6.45) is 3.42. The topological polar surface area (TPSA) is 22.1 Å². The number of halogens is 2. The van der Waals surface area contributed by atoms with Gasteiger partial charge < -0.3 is 4.74 Å². The number of pyridine rings is 1. The molecule has 1 heterocycles. The van der Waals surface area contributed by atoms with Crippen molar-refractivity contribution in [3.05, 3.63) is 24.0 Å². The van der Waals surface area contributed by atoms with Crippen LogP contribution in [0.3, 0.4) is 0 Å². The van der Waals surface area contributed by atoms with Crippen LogP contribution in [0.25, 0.3) is 0 Å². The van der Waals surface area contributed by atoms with Crippen LogP contribution in [-0.2, 0) is 5.88 Å². The number of hydrogen-bond acceptors (Lipinski definition) is 2. The Morgan fingerprint density at radius 1 is 1.58 bits per heavy atom. The molecule has 0 atom stereocenters. The molecule has 1 rings (SSSR count). The van der Waals surface area contributed by atoms with Crippen LogP contribution >= 0.6 is 24.0 Å². The maximum atomic E-state index is 5.65. The monoisotopic (exact) mass is 207 g/mol. The van der Waals surface area contributed by atoms with E-state index in [4.69, 9.17) is 16.3 Å². The van der Waals surface area contributed by atoms with E-state index in [1.165, 1.54) is 0 Å².